The third kappa shape index (κ3) is 5.67. The summed E-state index contributed by atoms with van der Waals surface area (Å²) in [6, 6.07) is -2.47. The quantitative estimate of drug-likeness (QED) is 0.522. The summed E-state index contributed by atoms with van der Waals surface area (Å²) in [5.74, 6) is -3.38. The Labute approximate surface area is 120 Å². The Balaban J connectivity index is 2.65. The van der Waals surface area contributed by atoms with Crippen LogP contribution in [0.3, 0.4) is 0 Å². The molecule has 9 nitrogen and oxygen atoms in total. The van der Waals surface area contributed by atoms with Gasteiger partial charge in [-0.15, -0.1) is 0 Å². The van der Waals surface area contributed by atoms with Crippen LogP contribution in [-0.2, 0) is 19.1 Å². The van der Waals surface area contributed by atoms with Crippen molar-refractivity contribution >= 4 is 23.9 Å². The Hall–Kier alpha value is -2.32. The van der Waals surface area contributed by atoms with Crippen LogP contribution < -0.4 is 5.32 Å². The SMILES string of the molecule is CCOC(=O)CN(C(=O)N[C@@H](CC(=O)O)C(=O)O)C1CC1. The first kappa shape index (κ1) is 16.7. The number of hydrogen-bond donors (Lipinski definition) is 3. The van der Waals surface area contributed by atoms with Crippen molar-refractivity contribution in [1.82, 2.24) is 10.2 Å². The summed E-state index contributed by atoms with van der Waals surface area (Å²) in [6.45, 7) is 1.52. The van der Waals surface area contributed by atoms with Gasteiger partial charge in [-0.05, 0) is 19.8 Å². The monoisotopic (exact) mass is 302 g/mol. The van der Waals surface area contributed by atoms with Gasteiger partial charge in [-0.2, -0.15) is 0 Å². The van der Waals surface area contributed by atoms with E-state index in [0.29, 0.717) is 12.8 Å². The maximum Gasteiger partial charge on any atom is 0.326 e. The van der Waals surface area contributed by atoms with E-state index in [1.807, 2.05) is 0 Å². The molecular formula is C12H18N2O7. The maximum absolute atomic E-state index is 12.0. The molecular weight excluding hydrogens is 284 g/mol. The van der Waals surface area contributed by atoms with Crippen LogP contribution in [0, 0.1) is 0 Å². The highest BCUT2D eigenvalue weighted by Crippen LogP contribution is 2.26. The third-order valence-corrected chi connectivity index (χ3v) is 2.83. The number of esters is 1. The molecule has 21 heavy (non-hydrogen) atoms. The summed E-state index contributed by atoms with van der Waals surface area (Å²) < 4.78 is 4.75. The van der Waals surface area contributed by atoms with Crippen LogP contribution in [0.5, 0.6) is 0 Å². The molecule has 1 aliphatic rings. The second-order valence-electron chi connectivity index (χ2n) is 4.60. The first-order valence-electron chi connectivity index (χ1n) is 6.52. The molecule has 1 saturated carbocycles. The number of ether oxygens (including phenoxy) is 1. The number of amides is 2. The van der Waals surface area contributed by atoms with Gasteiger partial charge in [0.05, 0.1) is 13.0 Å². The van der Waals surface area contributed by atoms with Gasteiger partial charge < -0.3 is 25.2 Å². The molecule has 0 unspecified atom stereocenters. The van der Waals surface area contributed by atoms with E-state index in [4.69, 9.17) is 14.9 Å². The van der Waals surface area contributed by atoms with Gasteiger partial charge in [0.2, 0.25) is 0 Å². The molecule has 1 fully saturated rings. The van der Waals surface area contributed by atoms with E-state index >= 15 is 0 Å². The summed E-state index contributed by atoms with van der Waals surface area (Å²) in [5, 5.41) is 19.6. The fraction of sp³-hybridized carbons (Fsp3) is 0.667. The highest BCUT2D eigenvalue weighted by molar-refractivity contribution is 5.87. The van der Waals surface area contributed by atoms with E-state index in [1.54, 1.807) is 6.92 Å². The molecule has 118 valence electrons. The van der Waals surface area contributed by atoms with Crippen molar-refractivity contribution in [3.05, 3.63) is 0 Å². The van der Waals surface area contributed by atoms with Gasteiger partial charge in [0, 0.05) is 6.04 Å². The van der Waals surface area contributed by atoms with Crippen LogP contribution in [0.2, 0.25) is 0 Å². The van der Waals surface area contributed by atoms with Crippen LogP contribution in [0.15, 0.2) is 0 Å². The molecule has 3 N–H and O–H groups in total. The third-order valence-electron chi connectivity index (χ3n) is 2.83. The average Bonchev–Trinajstić information content (AvgIpc) is 3.18. The number of aliphatic carboxylic acids is 2. The molecule has 0 heterocycles. The summed E-state index contributed by atoms with van der Waals surface area (Å²) >= 11 is 0. The largest absolute Gasteiger partial charge is 0.481 e. The lowest BCUT2D eigenvalue weighted by Crippen LogP contribution is -2.51. The first-order chi connectivity index (χ1) is 9.85. The average molecular weight is 302 g/mol. The molecule has 0 aromatic carbocycles. The summed E-state index contributed by atoms with van der Waals surface area (Å²) in [5.41, 5.74) is 0. The topological polar surface area (TPSA) is 133 Å². The van der Waals surface area contributed by atoms with Gasteiger partial charge in [-0.1, -0.05) is 0 Å². The number of hydrogen-bond acceptors (Lipinski definition) is 5. The zero-order valence-electron chi connectivity index (χ0n) is 11.6. The lowest BCUT2D eigenvalue weighted by atomic mass is 10.2. The van der Waals surface area contributed by atoms with E-state index in [0.717, 1.165) is 0 Å². The van der Waals surface area contributed by atoms with E-state index < -0.39 is 36.4 Å². The van der Waals surface area contributed by atoms with Gasteiger partial charge in [0.15, 0.2) is 0 Å². The minimum Gasteiger partial charge on any atom is -0.481 e. The Bertz CT molecular complexity index is 433. The van der Waals surface area contributed by atoms with E-state index in [2.05, 4.69) is 5.32 Å². The molecule has 0 aromatic rings. The molecule has 0 bridgehead atoms. The Kier molecular flexibility index (Phi) is 5.94. The lowest BCUT2D eigenvalue weighted by Gasteiger charge is -2.23. The van der Waals surface area contributed by atoms with Crippen LogP contribution >= 0.6 is 0 Å². The summed E-state index contributed by atoms with van der Waals surface area (Å²) in [4.78, 5) is 46.1. The van der Waals surface area contributed by atoms with Crippen LogP contribution in [0.25, 0.3) is 0 Å². The Morgan fingerprint density at radius 3 is 2.33 bits per heavy atom. The highest BCUT2D eigenvalue weighted by atomic mass is 16.5. The number of rotatable bonds is 8. The van der Waals surface area contributed by atoms with Crippen molar-refractivity contribution in [2.45, 2.75) is 38.3 Å². The van der Waals surface area contributed by atoms with Crippen molar-refractivity contribution in [1.29, 1.82) is 0 Å². The van der Waals surface area contributed by atoms with Crippen LogP contribution in [0.4, 0.5) is 4.79 Å². The number of nitrogens with zero attached hydrogens (tertiary/aromatic N) is 1. The second kappa shape index (κ2) is 7.46. The number of carbonyl (C=O) groups excluding carboxylic acids is 2. The Morgan fingerprint density at radius 2 is 1.90 bits per heavy atom. The maximum atomic E-state index is 12.0. The molecule has 0 aromatic heterocycles. The van der Waals surface area contributed by atoms with Crippen molar-refractivity contribution < 1.29 is 34.1 Å². The molecule has 1 rings (SSSR count). The number of carboxylic acid groups (broad SMARTS) is 2. The van der Waals surface area contributed by atoms with Crippen LogP contribution in [0.1, 0.15) is 26.2 Å². The smallest absolute Gasteiger partial charge is 0.326 e. The highest BCUT2D eigenvalue weighted by Gasteiger charge is 2.36. The fourth-order valence-electron chi connectivity index (χ4n) is 1.71. The van der Waals surface area contributed by atoms with Crippen molar-refractivity contribution in [2.24, 2.45) is 0 Å². The zero-order chi connectivity index (χ0) is 16.0. The number of carbonyl (C=O) groups is 4. The molecule has 0 aliphatic heterocycles. The molecule has 2 amide bonds. The molecule has 1 aliphatic carbocycles. The summed E-state index contributed by atoms with van der Waals surface area (Å²) in [7, 11) is 0. The lowest BCUT2D eigenvalue weighted by molar-refractivity contribution is -0.145. The standard InChI is InChI=1S/C12H18N2O7/c1-2-21-10(17)6-14(7-3-4-7)12(20)13-8(11(18)19)5-9(15)16/h7-8H,2-6H2,1H3,(H,13,20)(H,15,16)(H,18,19)/t8-/m0/s1. The van der Waals surface area contributed by atoms with Crippen molar-refractivity contribution in [3.8, 4) is 0 Å². The Morgan fingerprint density at radius 1 is 1.29 bits per heavy atom. The number of carboxylic acids is 2. The molecule has 0 spiro atoms. The van der Waals surface area contributed by atoms with Gasteiger partial charge in [0.25, 0.3) is 0 Å². The minimum atomic E-state index is -1.54. The predicted molar refractivity (Wildman–Crippen MR) is 68.6 cm³/mol. The first-order valence-corrected chi connectivity index (χ1v) is 6.52. The number of nitrogens with one attached hydrogen (secondary N) is 1. The van der Waals surface area contributed by atoms with E-state index in [1.165, 1.54) is 4.90 Å². The molecule has 0 radical (unpaired) electrons. The van der Waals surface area contributed by atoms with E-state index in [9.17, 15) is 19.2 Å². The van der Waals surface area contributed by atoms with Crippen molar-refractivity contribution in [2.75, 3.05) is 13.2 Å². The zero-order valence-corrected chi connectivity index (χ0v) is 11.6. The molecule has 1 atom stereocenters. The van der Waals surface area contributed by atoms with Gasteiger partial charge in [-0.3, -0.25) is 9.59 Å². The van der Waals surface area contributed by atoms with Gasteiger partial charge in [0.1, 0.15) is 12.6 Å². The van der Waals surface area contributed by atoms with Gasteiger partial charge >= 0.3 is 23.9 Å². The van der Waals surface area contributed by atoms with Crippen molar-refractivity contribution in [3.63, 3.8) is 0 Å². The number of urea groups is 1. The van der Waals surface area contributed by atoms with Gasteiger partial charge in [-0.25, -0.2) is 9.59 Å². The van der Waals surface area contributed by atoms with Crippen LogP contribution in [-0.4, -0.2) is 64.3 Å². The normalized spacial score (nSPS) is 14.9. The molecule has 9 heteroatoms. The molecule has 0 saturated heterocycles. The summed E-state index contributed by atoms with van der Waals surface area (Å²) in [6.07, 6.45) is 0.686. The fourth-order valence-corrected chi connectivity index (χ4v) is 1.71. The van der Waals surface area contributed by atoms with E-state index in [-0.39, 0.29) is 19.2 Å². The second-order valence-corrected chi connectivity index (χ2v) is 4.60. The minimum absolute atomic E-state index is 0.145. The predicted octanol–water partition coefficient (Wildman–Crippen LogP) is -0.349.